The fourth-order valence-electron chi connectivity index (χ4n) is 2.39. The third-order valence-corrected chi connectivity index (χ3v) is 3.47. The minimum Gasteiger partial charge on any atom is -0.379 e. The molecule has 1 N–H and O–H groups in total. The molecule has 5 heteroatoms. The van der Waals surface area contributed by atoms with Gasteiger partial charge in [-0.15, -0.1) is 0 Å². The van der Waals surface area contributed by atoms with E-state index in [1.54, 1.807) is 13.4 Å². The lowest BCUT2D eigenvalue weighted by Gasteiger charge is -2.31. The Bertz CT molecular complexity index is 561. The maximum atomic E-state index is 5.45. The van der Waals surface area contributed by atoms with E-state index in [1.807, 2.05) is 24.4 Å². The van der Waals surface area contributed by atoms with Gasteiger partial charge in [0.15, 0.2) is 0 Å². The highest BCUT2D eigenvalue weighted by atomic mass is 16.5. The van der Waals surface area contributed by atoms with Crippen molar-refractivity contribution >= 4 is 16.6 Å². The first-order valence-electron chi connectivity index (χ1n) is 6.43. The van der Waals surface area contributed by atoms with Crippen LogP contribution in [0.4, 0.5) is 5.69 Å². The van der Waals surface area contributed by atoms with Gasteiger partial charge in [-0.25, -0.2) is 9.97 Å². The zero-order valence-electron chi connectivity index (χ0n) is 10.9. The number of methoxy groups -OCH3 is 1. The monoisotopic (exact) mass is 259 g/mol. The molecule has 1 aromatic heterocycles. The normalized spacial score (nSPS) is 23.4. The first-order chi connectivity index (χ1) is 9.36. The fraction of sp³-hybridized carbons (Fsp3) is 0.429. The second kappa shape index (κ2) is 5.50. The third-order valence-electron chi connectivity index (χ3n) is 3.47. The summed E-state index contributed by atoms with van der Waals surface area (Å²) in [5, 5.41) is 4.55. The van der Waals surface area contributed by atoms with E-state index in [0.717, 1.165) is 29.6 Å². The highest BCUT2D eigenvalue weighted by Gasteiger charge is 2.25. The first-order valence-corrected chi connectivity index (χ1v) is 6.43. The van der Waals surface area contributed by atoms with Gasteiger partial charge in [-0.1, -0.05) is 0 Å². The summed E-state index contributed by atoms with van der Waals surface area (Å²) in [5.41, 5.74) is 2.00. The topological polar surface area (TPSA) is 56.3 Å². The molecule has 2 heterocycles. The maximum Gasteiger partial charge on any atom is 0.116 e. The average Bonchev–Trinajstić information content (AvgIpc) is 2.48. The van der Waals surface area contributed by atoms with E-state index in [4.69, 9.17) is 9.47 Å². The minimum atomic E-state index is 0.0925. The lowest BCUT2D eigenvalue weighted by Crippen LogP contribution is -2.43. The maximum absolute atomic E-state index is 5.45. The van der Waals surface area contributed by atoms with Crippen LogP contribution >= 0.6 is 0 Å². The van der Waals surface area contributed by atoms with Crippen LogP contribution in [0, 0.1) is 0 Å². The van der Waals surface area contributed by atoms with Gasteiger partial charge >= 0.3 is 0 Å². The average molecular weight is 259 g/mol. The van der Waals surface area contributed by atoms with Crippen LogP contribution in [-0.4, -0.2) is 42.4 Å². The Labute approximate surface area is 112 Å². The molecule has 5 nitrogen and oxygen atoms in total. The lowest BCUT2D eigenvalue weighted by atomic mass is 10.1. The van der Waals surface area contributed by atoms with Gasteiger partial charge in [-0.05, 0) is 24.6 Å². The molecule has 0 unspecified atom stereocenters. The second-order valence-electron chi connectivity index (χ2n) is 4.68. The second-order valence-corrected chi connectivity index (χ2v) is 4.68. The Hall–Kier alpha value is -1.72. The van der Waals surface area contributed by atoms with Gasteiger partial charge in [0, 0.05) is 31.0 Å². The van der Waals surface area contributed by atoms with Crippen molar-refractivity contribution in [3.63, 3.8) is 0 Å². The summed E-state index contributed by atoms with van der Waals surface area (Å²) >= 11 is 0. The number of rotatable bonds is 3. The lowest BCUT2D eigenvalue weighted by molar-refractivity contribution is -0.0366. The highest BCUT2D eigenvalue weighted by molar-refractivity contribution is 5.81. The Morgan fingerprint density at radius 2 is 2.37 bits per heavy atom. The summed E-state index contributed by atoms with van der Waals surface area (Å²) in [7, 11) is 1.72. The van der Waals surface area contributed by atoms with Crippen LogP contribution in [0.15, 0.2) is 30.7 Å². The van der Waals surface area contributed by atoms with Gasteiger partial charge in [-0.3, -0.25) is 0 Å². The van der Waals surface area contributed by atoms with E-state index in [-0.39, 0.29) is 12.1 Å². The predicted octanol–water partition coefficient (Wildman–Crippen LogP) is 1.85. The summed E-state index contributed by atoms with van der Waals surface area (Å²) in [4.78, 5) is 8.28. The molecular formula is C14H17N3O2. The number of hydrogen-bond donors (Lipinski definition) is 1. The van der Waals surface area contributed by atoms with E-state index in [1.165, 1.54) is 0 Å². The number of benzene rings is 1. The molecule has 0 saturated carbocycles. The summed E-state index contributed by atoms with van der Waals surface area (Å²) in [6, 6.07) is 6.39. The largest absolute Gasteiger partial charge is 0.379 e. The molecule has 100 valence electrons. The van der Waals surface area contributed by atoms with E-state index in [9.17, 15) is 0 Å². The zero-order valence-corrected chi connectivity index (χ0v) is 10.9. The van der Waals surface area contributed by atoms with E-state index >= 15 is 0 Å². The molecule has 2 aromatic rings. The van der Waals surface area contributed by atoms with Gasteiger partial charge in [0.25, 0.3) is 0 Å². The molecule has 1 aliphatic heterocycles. The highest BCUT2D eigenvalue weighted by Crippen LogP contribution is 2.20. The van der Waals surface area contributed by atoms with Gasteiger partial charge in [0.2, 0.25) is 0 Å². The summed E-state index contributed by atoms with van der Waals surface area (Å²) in [6.45, 7) is 1.41. The van der Waals surface area contributed by atoms with Crippen LogP contribution in [0.25, 0.3) is 10.9 Å². The van der Waals surface area contributed by atoms with Crippen molar-refractivity contribution in [3.8, 4) is 0 Å². The molecule has 2 atom stereocenters. The quantitative estimate of drug-likeness (QED) is 0.911. The molecule has 3 rings (SSSR count). The van der Waals surface area contributed by atoms with Gasteiger partial charge in [0.05, 0.1) is 18.2 Å². The minimum absolute atomic E-state index is 0.0925. The zero-order chi connectivity index (χ0) is 13.1. The van der Waals surface area contributed by atoms with Crippen molar-refractivity contribution in [2.45, 2.75) is 18.6 Å². The van der Waals surface area contributed by atoms with Crippen molar-refractivity contribution in [2.75, 3.05) is 25.6 Å². The molecule has 0 amide bonds. The van der Waals surface area contributed by atoms with Crippen molar-refractivity contribution in [2.24, 2.45) is 0 Å². The van der Waals surface area contributed by atoms with Crippen LogP contribution in [0.3, 0.4) is 0 Å². The number of nitrogens with one attached hydrogen (secondary N) is 1. The first kappa shape index (κ1) is 12.3. The van der Waals surface area contributed by atoms with Crippen molar-refractivity contribution in [1.82, 2.24) is 9.97 Å². The molecule has 1 aromatic carbocycles. The van der Waals surface area contributed by atoms with E-state index in [2.05, 4.69) is 15.3 Å². The number of anilines is 1. The van der Waals surface area contributed by atoms with Gasteiger partial charge < -0.3 is 14.8 Å². The van der Waals surface area contributed by atoms with Crippen LogP contribution in [0.5, 0.6) is 0 Å². The third kappa shape index (κ3) is 2.67. The standard InChI is InChI=1S/C14H17N3O2/c1-18-14-8-19-5-4-12(14)17-11-3-2-10-7-15-9-16-13(10)6-11/h2-3,6-7,9,12,14,17H,4-5,8H2,1H3/t12-,14-/m0/s1. The molecule has 1 saturated heterocycles. The molecule has 1 fully saturated rings. The SMILES string of the molecule is CO[C@H]1COCC[C@@H]1Nc1ccc2cncnc2c1. The Morgan fingerprint density at radius 3 is 3.26 bits per heavy atom. The molecule has 0 spiro atoms. The number of fused-ring (bicyclic) bond motifs is 1. The molecule has 0 radical (unpaired) electrons. The number of aromatic nitrogens is 2. The fourth-order valence-corrected chi connectivity index (χ4v) is 2.39. The van der Waals surface area contributed by atoms with Crippen LogP contribution in [0.1, 0.15) is 6.42 Å². The summed E-state index contributed by atoms with van der Waals surface area (Å²) in [5.74, 6) is 0. The molecule has 19 heavy (non-hydrogen) atoms. The van der Waals surface area contributed by atoms with Gasteiger partial charge in [-0.2, -0.15) is 0 Å². The van der Waals surface area contributed by atoms with E-state index < -0.39 is 0 Å². The Balaban J connectivity index is 1.80. The number of ether oxygens (including phenoxy) is 2. The number of hydrogen-bond acceptors (Lipinski definition) is 5. The van der Waals surface area contributed by atoms with Crippen LogP contribution in [-0.2, 0) is 9.47 Å². The van der Waals surface area contributed by atoms with Crippen molar-refractivity contribution in [3.05, 3.63) is 30.7 Å². The van der Waals surface area contributed by atoms with E-state index in [0.29, 0.717) is 6.61 Å². The molecule has 0 bridgehead atoms. The van der Waals surface area contributed by atoms with Crippen molar-refractivity contribution in [1.29, 1.82) is 0 Å². The Morgan fingerprint density at radius 1 is 1.42 bits per heavy atom. The Kier molecular flexibility index (Phi) is 3.57. The van der Waals surface area contributed by atoms with Crippen LogP contribution < -0.4 is 5.32 Å². The summed E-state index contributed by atoms with van der Waals surface area (Å²) in [6.07, 6.45) is 4.42. The molecule has 0 aliphatic carbocycles. The van der Waals surface area contributed by atoms with Crippen molar-refractivity contribution < 1.29 is 9.47 Å². The van der Waals surface area contributed by atoms with Crippen LogP contribution in [0.2, 0.25) is 0 Å². The summed E-state index contributed by atoms with van der Waals surface area (Å²) < 4.78 is 10.9. The molecular weight excluding hydrogens is 242 g/mol. The molecule has 1 aliphatic rings. The van der Waals surface area contributed by atoms with Gasteiger partial charge in [0.1, 0.15) is 12.4 Å². The predicted molar refractivity (Wildman–Crippen MR) is 73.2 cm³/mol. The smallest absolute Gasteiger partial charge is 0.116 e. The number of nitrogens with zero attached hydrogens (tertiary/aromatic N) is 2.